The lowest BCUT2D eigenvalue weighted by atomic mass is 10.0. The Kier molecular flexibility index (Phi) is 7.21. The van der Waals surface area contributed by atoms with Crippen LogP contribution in [0.15, 0.2) is 71.9 Å². The second-order valence-corrected chi connectivity index (χ2v) is 8.66. The lowest BCUT2D eigenvalue weighted by Gasteiger charge is -2.11. The van der Waals surface area contributed by atoms with E-state index in [1.54, 1.807) is 6.07 Å². The third-order valence-corrected chi connectivity index (χ3v) is 6.41. The van der Waals surface area contributed by atoms with Crippen LogP contribution in [-0.4, -0.2) is 26.3 Å². The Morgan fingerprint density at radius 3 is 2.59 bits per heavy atom. The number of fused-ring (bicyclic) bond motifs is 1. The third kappa shape index (κ3) is 5.59. The summed E-state index contributed by atoms with van der Waals surface area (Å²) in [6.45, 7) is 2.72. The van der Waals surface area contributed by atoms with Gasteiger partial charge in [-0.2, -0.15) is 13.2 Å². The number of halogens is 3. The van der Waals surface area contributed by atoms with Gasteiger partial charge in [0.2, 0.25) is 0 Å². The molecule has 0 spiro atoms. The van der Waals surface area contributed by atoms with Gasteiger partial charge in [-0.3, -0.25) is 4.79 Å². The van der Waals surface area contributed by atoms with Gasteiger partial charge < -0.3 is 9.88 Å². The summed E-state index contributed by atoms with van der Waals surface area (Å²) < 4.78 is 40.7. The van der Waals surface area contributed by atoms with Crippen molar-refractivity contribution in [3.8, 4) is 0 Å². The zero-order chi connectivity index (χ0) is 24.1. The minimum absolute atomic E-state index is 0.0793. The van der Waals surface area contributed by atoms with Gasteiger partial charge in [-0.1, -0.05) is 60.3 Å². The molecule has 0 saturated heterocycles. The van der Waals surface area contributed by atoms with Crippen LogP contribution in [-0.2, 0) is 30.5 Å². The lowest BCUT2D eigenvalue weighted by molar-refractivity contribution is -0.137. The Bertz CT molecular complexity index is 1300. The second kappa shape index (κ2) is 10.3. The van der Waals surface area contributed by atoms with Crippen molar-refractivity contribution in [2.75, 3.05) is 11.1 Å². The summed E-state index contributed by atoms with van der Waals surface area (Å²) in [4.78, 5) is 12.7. The number of rotatable bonds is 9. The molecule has 0 aliphatic heterocycles. The molecule has 4 aromatic rings. The van der Waals surface area contributed by atoms with Crippen LogP contribution >= 0.6 is 11.8 Å². The highest BCUT2D eigenvalue weighted by molar-refractivity contribution is 7.99. The zero-order valence-electron chi connectivity index (χ0n) is 18.5. The van der Waals surface area contributed by atoms with E-state index >= 15 is 0 Å². The number of aromatic nitrogens is 3. The standard InChI is InChI=1S/C25H23F3N4OS/c1-2-32-23(15-29-20-11-6-10-19(14-20)25(26,27)28)30-31-24(32)34-16-21(33)13-18-9-5-8-17-7-3-4-12-22(17)18/h3-12,14,29H,2,13,15-16H2,1H3. The van der Waals surface area contributed by atoms with Crippen LogP contribution in [0.5, 0.6) is 0 Å². The van der Waals surface area contributed by atoms with E-state index in [1.165, 1.54) is 17.8 Å². The van der Waals surface area contributed by atoms with Gasteiger partial charge in [-0.15, -0.1) is 10.2 Å². The minimum atomic E-state index is -4.40. The van der Waals surface area contributed by atoms with E-state index in [2.05, 4.69) is 15.5 Å². The summed E-state index contributed by atoms with van der Waals surface area (Å²) in [5, 5.41) is 14.1. The molecule has 0 fully saturated rings. The number of benzene rings is 3. The predicted octanol–water partition coefficient (Wildman–Crippen LogP) is 5.99. The number of hydrogen-bond acceptors (Lipinski definition) is 5. The van der Waals surface area contributed by atoms with E-state index in [1.807, 2.05) is 54.0 Å². The number of anilines is 1. The van der Waals surface area contributed by atoms with Gasteiger partial charge in [-0.25, -0.2) is 0 Å². The smallest absolute Gasteiger partial charge is 0.378 e. The Morgan fingerprint density at radius 1 is 1.03 bits per heavy atom. The highest BCUT2D eigenvalue weighted by Crippen LogP contribution is 2.31. The number of thioether (sulfide) groups is 1. The molecule has 0 bridgehead atoms. The van der Waals surface area contributed by atoms with E-state index in [0.717, 1.165) is 28.5 Å². The first-order valence-corrected chi connectivity index (χ1v) is 11.8. The monoisotopic (exact) mass is 484 g/mol. The van der Waals surface area contributed by atoms with Crippen molar-refractivity contribution < 1.29 is 18.0 Å². The van der Waals surface area contributed by atoms with Crippen LogP contribution in [0.1, 0.15) is 23.9 Å². The third-order valence-electron chi connectivity index (χ3n) is 5.38. The number of ketones is 1. The van der Waals surface area contributed by atoms with Crippen molar-refractivity contribution in [3.05, 3.63) is 83.7 Å². The molecule has 0 aliphatic carbocycles. The molecule has 1 N–H and O–H groups in total. The van der Waals surface area contributed by atoms with Crippen molar-refractivity contribution in [1.29, 1.82) is 0 Å². The van der Waals surface area contributed by atoms with Gasteiger partial charge in [0.05, 0.1) is 17.9 Å². The van der Waals surface area contributed by atoms with Crippen molar-refractivity contribution in [1.82, 2.24) is 14.8 Å². The fourth-order valence-electron chi connectivity index (χ4n) is 3.72. The molecule has 3 aromatic carbocycles. The van der Waals surface area contributed by atoms with Crippen LogP contribution in [0.25, 0.3) is 10.8 Å². The second-order valence-electron chi connectivity index (χ2n) is 7.72. The molecule has 0 aliphatic rings. The molecule has 1 aromatic heterocycles. The molecule has 34 heavy (non-hydrogen) atoms. The minimum Gasteiger partial charge on any atom is -0.378 e. The fraction of sp³-hybridized carbons (Fsp3) is 0.240. The van der Waals surface area contributed by atoms with Crippen LogP contribution in [0.2, 0.25) is 0 Å². The molecule has 0 radical (unpaired) electrons. The van der Waals surface area contributed by atoms with E-state index in [0.29, 0.717) is 29.6 Å². The van der Waals surface area contributed by atoms with Crippen LogP contribution < -0.4 is 5.32 Å². The van der Waals surface area contributed by atoms with Gasteiger partial charge in [0, 0.05) is 18.7 Å². The number of nitrogens with zero attached hydrogens (tertiary/aromatic N) is 3. The van der Waals surface area contributed by atoms with Crippen molar-refractivity contribution in [2.45, 2.75) is 37.8 Å². The first-order valence-electron chi connectivity index (χ1n) is 10.8. The summed E-state index contributed by atoms with van der Waals surface area (Å²) in [6.07, 6.45) is -4.07. The quantitative estimate of drug-likeness (QED) is 0.296. The normalized spacial score (nSPS) is 11.6. The summed E-state index contributed by atoms with van der Waals surface area (Å²) >= 11 is 1.32. The Morgan fingerprint density at radius 2 is 1.79 bits per heavy atom. The van der Waals surface area contributed by atoms with E-state index in [4.69, 9.17) is 0 Å². The Labute approximate surface area is 199 Å². The lowest BCUT2D eigenvalue weighted by Crippen LogP contribution is -2.11. The Balaban J connectivity index is 1.38. The summed E-state index contributed by atoms with van der Waals surface area (Å²) in [5.41, 5.74) is 0.627. The van der Waals surface area contributed by atoms with Gasteiger partial charge in [0.25, 0.3) is 0 Å². The number of alkyl halides is 3. The van der Waals surface area contributed by atoms with E-state index in [-0.39, 0.29) is 18.1 Å². The number of carbonyl (C=O) groups excluding carboxylic acids is 1. The van der Waals surface area contributed by atoms with Crippen LogP contribution in [0.4, 0.5) is 18.9 Å². The first-order chi connectivity index (χ1) is 16.3. The predicted molar refractivity (Wildman–Crippen MR) is 128 cm³/mol. The maximum Gasteiger partial charge on any atom is 0.416 e. The Hall–Kier alpha value is -3.33. The molecule has 0 atom stereocenters. The molecule has 4 rings (SSSR count). The maximum absolute atomic E-state index is 12.9. The highest BCUT2D eigenvalue weighted by Gasteiger charge is 2.30. The van der Waals surface area contributed by atoms with E-state index < -0.39 is 11.7 Å². The van der Waals surface area contributed by atoms with E-state index in [9.17, 15) is 18.0 Å². The molecule has 5 nitrogen and oxygen atoms in total. The molecule has 176 valence electrons. The number of nitrogens with one attached hydrogen (secondary N) is 1. The summed E-state index contributed by atoms with van der Waals surface area (Å²) in [6, 6.07) is 19.0. The molecular formula is C25H23F3N4OS. The SMILES string of the molecule is CCn1c(CNc2cccc(C(F)(F)F)c2)nnc1SCC(=O)Cc1cccc2ccccc12. The topological polar surface area (TPSA) is 59.8 Å². The average Bonchev–Trinajstić information content (AvgIpc) is 3.23. The van der Waals surface area contributed by atoms with Crippen molar-refractivity contribution >= 4 is 34.0 Å². The number of hydrogen-bond donors (Lipinski definition) is 1. The van der Waals surface area contributed by atoms with Gasteiger partial charge in [0.1, 0.15) is 5.78 Å². The highest BCUT2D eigenvalue weighted by atomic mass is 32.2. The molecule has 0 amide bonds. The van der Waals surface area contributed by atoms with Gasteiger partial charge in [0.15, 0.2) is 11.0 Å². The number of carbonyl (C=O) groups is 1. The summed E-state index contributed by atoms with van der Waals surface area (Å²) in [5.74, 6) is 0.919. The van der Waals surface area contributed by atoms with Crippen molar-refractivity contribution in [3.63, 3.8) is 0 Å². The average molecular weight is 485 g/mol. The van der Waals surface area contributed by atoms with Gasteiger partial charge >= 0.3 is 6.18 Å². The maximum atomic E-state index is 12.9. The fourth-order valence-corrected chi connectivity index (χ4v) is 4.60. The number of Topliss-reactive ketones (excluding diaryl/α,β-unsaturated/α-hetero) is 1. The summed E-state index contributed by atoms with van der Waals surface area (Å²) in [7, 11) is 0. The zero-order valence-corrected chi connectivity index (χ0v) is 19.3. The molecule has 1 heterocycles. The van der Waals surface area contributed by atoms with Gasteiger partial charge in [-0.05, 0) is 41.5 Å². The molecule has 9 heteroatoms. The first kappa shape index (κ1) is 23.8. The van der Waals surface area contributed by atoms with Crippen molar-refractivity contribution in [2.24, 2.45) is 0 Å². The largest absolute Gasteiger partial charge is 0.416 e. The van der Waals surface area contributed by atoms with Crippen LogP contribution in [0, 0.1) is 0 Å². The molecular weight excluding hydrogens is 461 g/mol. The molecule has 0 unspecified atom stereocenters. The molecule has 0 saturated carbocycles. The van der Waals surface area contributed by atoms with Crippen LogP contribution in [0.3, 0.4) is 0 Å².